The molecule has 132 valence electrons. The van der Waals surface area contributed by atoms with E-state index in [9.17, 15) is 9.59 Å². The number of pyridine rings is 1. The summed E-state index contributed by atoms with van der Waals surface area (Å²) in [4.78, 5) is 26.6. The molecule has 0 aliphatic carbocycles. The van der Waals surface area contributed by atoms with Crippen molar-refractivity contribution in [3.05, 3.63) is 70.2 Å². The van der Waals surface area contributed by atoms with Gasteiger partial charge in [-0.3, -0.25) is 4.79 Å². The van der Waals surface area contributed by atoms with Crippen molar-refractivity contribution in [3.63, 3.8) is 0 Å². The summed E-state index contributed by atoms with van der Waals surface area (Å²) in [5.74, 6) is 0.323. The maximum Gasteiger partial charge on any atom is 0.331 e. The molecule has 0 atom stereocenters. The first-order chi connectivity index (χ1) is 12.0. The summed E-state index contributed by atoms with van der Waals surface area (Å²) in [5, 5.41) is 0. The van der Waals surface area contributed by atoms with Crippen LogP contribution in [-0.4, -0.2) is 17.6 Å². The smallest absolute Gasteiger partial charge is 0.331 e. The molecule has 1 N–H and O–H groups in total. The van der Waals surface area contributed by atoms with Crippen LogP contribution in [0.1, 0.15) is 31.5 Å². The second kappa shape index (κ2) is 9.47. The Morgan fingerprint density at radius 3 is 2.68 bits per heavy atom. The fourth-order valence-corrected chi connectivity index (χ4v) is 2.03. The molecule has 1 heterocycles. The standard InChI is InChI=1S/C20H23NO4/c1-15(2)10-11-24-19-13-21-17(12-18(19)22)14-25-20(23)9-8-16-6-4-3-5-7-16/h3-9,12-13,15H,10-11,14H2,1-2H3,(H,21,22)/b9-8+. The third kappa shape index (κ3) is 6.67. The van der Waals surface area contributed by atoms with Crippen molar-refractivity contribution in [2.45, 2.75) is 26.9 Å². The van der Waals surface area contributed by atoms with E-state index in [1.54, 1.807) is 6.08 Å². The van der Waals surface area contributed by atoms with Crippen molar-refractivity contribution in [2.24, 2.45) is 5.92 Å². The SMILES string of the molecule is CC(C)CCOc1c[nH]c(COC(=O)/C=C/c2ccccc2)cc1=O. The van der Waals surface area contributed by atoms with E-state index in [4.69, 9.17) is 9.47 Å². The van der Waals surface area contributed by atoms with Gasteiger partial charge >= 0.3 is 5.97 Å². The summed E-state index contributed by atoms with van der Waals surface area (Å²) >= 11 is 0. The molecule has 0 radical (unpaired) electrons. The third-order valence-electron chi connectivity index (χ3n) is 3.47. The number of aromatic amines is 1. The minimum absolute atomic E-state index is 0.000519. The van der Waals surface area contributed by atoms with Crippen molar-refractivity contribution >= 4 is 12.0 Å². The van der Waals surface area contributed by atoms with Crippen LogP contribution in [0, 0.1) is 5.92 Å². The van der Waals surface area contributed by atoms with Crippen molar-refractivity contribution in [3.8, 4) is 5.75 Å². The Bertz CT molecular complexity index is 763. The van der Waals surface area contributed by atoms with Crippen LogP contribution in [0.5, 0.6) is 5.75 Å². The van der Waals surface area contributed by atoms with Gasteiger partial charge in [0.2, 0.25) is 5.43 Å². The predicted molar refractivity (Wildman–Crippen MR) is 97.3 cm³/mol. The molecule has 1 aromatic heterocycles. The Kier molecular flexibility index (Phi) is 7.01. The van der Waals surface area contributed by atoms with Gasteiger partial charge in [-0.25, -0.2) is 4.79 Å². The van der Waals surface area contributed by atoms with E-state index in [-0.39, 0.29) is 17.8 Å². The number of ether oxygens (including phenoxy) is 2. The van der Waals surface area contributed by atoms with Crippen LogP contribution in [0.2, 0.25) is 0 Å². The number of carbonyl (C=O) groups excluding carboxylic acids is 1. The van der Waals surface area contributed by atoms with Crippen LogP contribution in [0.4, 0.5) is 0 Å². The highest BCUT2D eigenvalue weighted by molar-refractivity contribution is 5.86. The highest BCUT2D eigenvalue weighted by Crippen LogP contribution is 2.07. The van der Waals surface area contributed by atoms with Crippen molar-refractivity contribution in [1.82, 2.24) is 4.98 Å². The van der Waals surface area contributed by atoms with E-state index in [1.165, 1.54) is 18.3 Å². The van der Waals surface area contributed by atoms with E-state index < -0.39 is 5.97 Å². The molecule has 0 aliphatic heterocycles. The Balaban J connectivity index is 1.84. The minimum Gasteiger partial charge on any atom is -0.488 e. The average Bonchev–Trinajstić information content (AvgIpc) is 2.60. The molecular weight excluding hydrogens is 318 g/mol. The van der Waals surface area contributed by atoms with E-state index in [1.807, 2.05) is 30.3 Å². The van der Waals surface area contributed by atoms with Gasteiger partial charge in [0.05, 0.1) is 12.3 Å². The Hall–Kier alpha value is -2.82. The molecule has 0 saturated heterocycles. The number of H-pyrrole nitrogens is 1. The highest BCUT2D eigenvalue weighted by atomic mass is 16.5. The molecule has 5 nitrogen and oxygen atoms in total. The van der Waals surface area contributed by atoms with Gasteiger partial charge in [0.25, 0.3) is 0 Å². The van der Waals surface area contributed by atoms with Gasteiger partial charge in [0.1, 0.15) is 6.61 Å². The van der Waals surface area contributed by atoms with Gasteiger partial charge in [-0.1, -0.05) is 44.2 Å². The van der Waals surface area contributed by atoms with Crippen LogP contribution >= 0.6 is 0 Å². The lowest BCUT2D eigenvalue weighted by Gasteiger charge is -2.08. The summed E-state index contributed by atoms with van der Waals surface area (Å²) in [6.45, 7) is 4.69. The third-order valence-corrected chi connectivity index (χ3v) is 3.47. The van der Waals surface area contributed by atoms with Gasteiger partial charge in [-0.2, -0.15) is 0 Å². The fourth-order valence-electron chi connectivity index (χ4n) is 2.03. The molecule has 1 aromatic carbocycles. The second-order valence-corrected chi connectivity index (χ2v) is 6.07. The van der Waals surface area contributed by atoms with Gasteiger partial charge in [-0.15, -0.1) is 0 Å². The highest BCUT2D eigenvalue weighted by Gasteiger charge is 2.05. The van der Waals surface area contributed by atoms with Crippen LogP contribution < -0.4 is 10.2 Å². The average molecular weight is 341 g/mol. The van der Waals surface area contributed by atoms with Gasteiger partial charge in [0.15, 0.2) is 5.75 Å². The maximum atomic E-state index is 12.0. The van der Waals surface area contributed by atoms with Crippen LogP contribution in [0.25, 0.3) is 6.08 Å². The summed E-state index contributed by atoms with van der Waals surface area (Å²) in [7, 11) is 0. The number of rotatable bonds is 8. The number of nitrogens with one attached hydrogen (secondary N) is 1. The van der Waals surface area contributed by atoms with E-state index in [2.05, 4.69) is 18.8 Å². The minimum atomic E-state index is -0.470. The molecule has 0 amide bonds. The fraction of sp³-hybridized carbons (Fsp3) is 0.300. The van der Waals surface area contributed by atoms with E-state index in [0.29, 0.717) is 18.2 Å². The largest absolute Gasteiger partial charge is 0.488 e. The summed E-state index contributed by atoms with van der Waals surface area (Å²) in [5.41, 5.74) is 1.20. The first-order valence-electron chi connectivity index (χ1n) is 8.29. The number of benzene rings is 1. The molecule has 0 spiro atoms. The van der Waals surface area contributed by atoms with E-state index >= 15 is 0 Å². The second-order valence-electron chi connectivity index (χ2n) is 6.07. The summed E-state index contributed by atoms with van der Waals surface area (Å²) in [6.07, 6.45) is 5.42. The monoisotopic (exact) mass is 341 g/mol. The Morgan fingerprint density at radius 1 is 1.24 bits per heavy atom. The lowest BCUT2D eigenvalue weighted by Crippen LogP contribution is -2.12. The van der Waals surface area contributed by atoms with Crippen molar-refractivity contribution in [1.29, 1.82) is 0 Å². The lowest BCUT2D eigenvalue weighted by atomic mass is 10.1. The summed E-state index contributed by atoms with van der Waals surface area (Å²) < 4.78 is 10.6. The number of hydrogen-bond acceptors (Lipinski definition) is 4. The van der Waals surface area contributed by atoms with E-state index in [0.717, 1.165) is 12.0 Å². The van der Waals surface area contributed by atoms with Crippen molar-refractivity contribution < 1.29 is 14.3 Å². The number of esters is 1. The zero-order valence-corrected chi connectivity index (χ0v) is 14.5. The predicted octanol–water partition coefficient (Wildman–Crippen LogP) is 3.56. The first-order valence-corrected chi connectivity index (χ1v) is 8.29. The van der Waals surface area contributed by atoms with Gasteiger partial charge in [-0.05, 0) is 24.0 Å². The van der Waals surface area contributed by atoms with Crippen LogP contribution in [-0.2, 0) is 16.1 Å². The first kappa shape index (κ1) is 18.5. The molecule has 0 fully saturated rings. The zero-order chi connectivity index (χ0) is 18.1. The van der Waals surface area contributed by atoms with Gasteiger partial charge < -0.3 is 14.5 Å². The van der Waals surface area contributed by atoms with Gasteiger partial charge in [0, 0.05) is 18.3 Å². The maximum absolute atomic E-state index is 12.0. The molecule has 2 aromatic rings. The molecule has 0 saturated carbocycles. The summed E-state index contributed by atoms with van der Waals surface area (Å²) in [6, 6.07) is 10.8. The number of carbonyl (C=O) groups is 1. The molecule has 0 aliphatic rings. The number of hydrogen-bond donors (Lipinski definition) is 1. The normalized spacial score (nSPS) is 11.0. The molecular formula is C20H23NO4. The topological polar surface area (TPSA) is 68.4 Å². The quantitative estimate of drug-likeness (QED) is 0.589. The zero-order valence-electron chi connectivity index (χ0n) is 14.5. The Labute approximate surface area is 147 Å². The Morgan fingerprint density at radius 2 is 2.00 bits per heavy atom. The van der Waals surface area contributed by atoms with Crippen LogP contribution in [0.3, 0.4) is 0 Å². The molecule has 25 heavy (non-hydrogen) atoms. The van der Waals surface area contributed by atoms with Crippen molar-refractivity contribution in [2.75, 3.05) is 6.61 Å². The molecule has 0 unspecified atom stereocenters. The lowest BCUT2D eigenvalue weighted by molar-refractivity contribution is -0.139. The van der Waals surface area contributed by atoms with Crippen LogP contribution in [0.15, 0.2) is 53.5 Å². The molecule has 0 bridgehead atoms. The molecule has 5 heteroatoms. The number of aromatic nitrogens is 1. The molecule has 2 rings (SSSR count).